The van der Waals surface area contributed by atoms with Gasteiger partial charge in [0, 0.05) is 36.8 Å². The molecule has 0 spiro atoms. The molecule has 0 radical (unpaired) electrons. The van der Waals surface area contributed by atoms with Gasteiger partial charge < -0.3 is 19.9 Å². The number of rotatable bonds is 5. The predicted octanol–water partition coefficient (Wildman–Crippen LogP) is 4.20. The van der Waals surface area contributed by atoms with Crippen molar-refractivity contribution < 1.29 is 4.74 Å². The second-order valence-corrected chi connectivity index (χ2v) is 7.95. The number of nitrogens with one attached hydrogen (secondary N) is 1. The summed E-state index contributed by atoms with van der Waals surface area (Å²) in [6.07, 6.45) is 3.06. The lowest BCUT2D eigenvalue weighted by atomic mass is 10.1. The number of aryl methyl sites for hydroxylation is 2. The normalized spacial score (nSPS) is 14.1. The number of hydrogen-bond donors (Lipinski definition) is 1. The summed E-state index contributed by atoms with van der Waals surface area (Å²) in [7, 11) is 1.64. The fraction of sp³-hybridized carbons (Fsp3) is 0.429. The summed E-state index contributed by atoms with van der Waals surface area (Å²) in [5.74, 6) is 0.588. The van der Waals surface area contributed by atoms with Crippen LogP contribution in [0, 0.1) is 6.92 Å². The van der Waals surface area contributed by atoms with E-state index in [1.165, 1.54) is 16.1 Å². The van der Waals surface area contributed by atoms with E-state index in [-0.39, 0.29) is 0 Å². The summed E-state index contributed by atoms with van der Waals surface area (Å²) in [6.45, 7) is 7.80. The van der Waals surface area contributed by atoms with Gasteiger partial charge >= 0.3 is 0 Å². The maximum absolute atomic E-state index is 5.69. The van der Waals surface area contributed by atoms with Gasteiger partial charge in [-0.3, -0.25) is 0 Å². The van der Waals surface area contributed by atoms with Crippen LogP contribution in [0.5, 0.6) is 5.88 Å². The fourth-order valence-corrected chi connectivity index (χ4v) is 4.38. The SMILES string of the molecule is CCc1cc(NC(=S)N2CCN(c3ccccc3SC)CC2)c(OC)nc1C. The maximum atomic E-state index is 5.69. The molecule has 7 heteroatoms. The first kappa shape index (κ1) is 20.7. The number of pyridine rings is 1. The van der Waals surface area contributed by atoms with Crippen molar-refractivity contribution >= 4 is 40.5 Å². The molecule has 1 fully saturated rings. The van der Waals surface area contributed by atoms with Gasteiger partial charge in [0.2, 0.25) is 5.88 Å². The molecule has 0 aliphatic carbocycles. The third-order valence-electron chi connectivity index (χ3n) is 5.09. The molecule has 3 rings (SSSR count). The Morgan fingerprint density at radius 1 is 1.25 bits per heavy atom. The van der Waals surface area contributed by atoms with E-state index >= 15 is 0 Å². The zero-order valence-corrected chi connectivity index (χ0v) is 18.6. The number of thiocarbonyl (C=S) groups is 1. The first-order valence-corrected chi connectivity index (χ1v) is 11.2. The van der Waals surface area contributed by atoms with Gasteiger partial charge in [-0.25, -0.2) is 4.98 Å². The van der Waals surface area contributed by atoms with Gasteiger partial charge in [-0.05, 0) is 55.6 Å². The monoisotopic (exact) mass is 416 g/mol. The summed E-state index contributed by atoms with van der Waals surface area (Å²) in [5.41, 5.74) is 4.34. The topological polar surface area (TPSA) is 40.6 Å². The Kier molecular flexibility index (Phi) is 7.02. The number of benzene rings is 1. The van der Waals surface area contributed by atoms with Gasteiger partial charge in [-0.15, -0.1) is 11.8 Å². The molecule has 1 aromatic carbocycles. The minimum Gasteiger partial charge on any atom is -0.480 e. The van der Waals surface area contributed by atoms with E-state index < -0.39 is 0 Å². The Hall–Kier alpha value is -1.99. The Balaban J connectivity index is 1.66. The summed E-state index contributed by atoms with van der Waals surface area (Å²) < 4.78 is 5.45. The first-order chi connectivity index (χ1) is 13.6. The molecule has 2 heterocycles. The standard InChI is InChI=1S/C21H28N4OS2/c1-5-16-14-17(20(26-3)22-15(16)2)23-21(27)25-12-10-24(11-13-25)18-8-6-7-9-19(18)28-4/h6-9,14H,5,10-13H2,1-4H3,(H,23,27). The molecule has 0 atom stereocenters. The zero-order valence-electron chi connectivity index (χ0n) is 17.0. The smallest absolute Gasteiger partial charge is 0.237 e. The number of anilines is 2. The molecule has 1 N–H and O–H groups in total. The molecule has 0 amide bonds. The van der Waals surface area contributed by atoms with E-state index in [9.17, 15) is 0 Å². The lowest BCUT2D eigenvalue weighted by molar-refractivity contribution is 0.388. The number of hydrogen-bond acceptors (Lipinski definition) is 5. The van der Waals surface area contributed by atoms with Crippen LogP contribution in [0.25, 0.3) is 0 Å². The van der Waals surface area contributed by atoms with Gasteiger partial charge in [0.05, 0.1) is 12.8 Å². The number of nitrogens with zero attached hydrogens (tertiary/aromatic N) is 3. The van der Waals surface area contributed by atoms with E-state index in [0.717, 1.165) is 49.1 Å². The Morgan fingerprint density at radius 3 is 2.61 bits per heavy atom. The van der Waals surface area contributed by atoms with Crippen LogP contribution in [0.3, 0.4) is 0 Å². The van der Waals surface area contributed by atoms with E-state index in [2.05, 4.69) is 63.6 Å². The van der Waals surface area contributed by atoms with Crippen molar-refractivity contribution in [2.24, 2.45) is 0 Å². The minimum absolute atomic E-state index is 0.588. The summed E-state index contributed by atoms with van der Waals surface area (Å²) in [5, 5.41) is 4.08. The highest BCUT2D eigenvalue weighted by atomic mass is 32.2. The number of para-hydroxylation sites is 1. The van der Waals surface area contributed by atoms with Crippen LogP contribution in [-0.4, -0.2) is 54.5 Å². The molecule has 5 nitrogen and oxygen atoms in total. The van der Waals surface area contributed by atoms with Crippen molar-refractivity contribution in [2.75, 3.05) is 49.8 Å². The van der Waals surface area contributed by atoms with E-state index in [1.807, 2.05) is 6.92 Å². The van der Waals surface area contributed by atoms with Crippen molar-refractivity contribution in [1.29, 1.82) is 0 Å². The summed E-state index contributed by atoms with van der Waals surface area (Å²) >= 11 is 7.48. The van der Waals surface area contributed by atoms with Crippen LogP contribution in [0.1, 0.15) is 18.2 Å². The molecule has 28 heavy (non-hydrogen) atoms. The zero-order chi connectivity index (χ0) is 20.1. The Bertz CT molecular complexity index is 835. The van der Waals surface area contributed by atoms with Crippen molar-refractivity contribution in [1.82, 2.24) is 9.88 Å². The minimum atomic E-state index is 0.588. The van der Waals surface area contributed by atoms with E-state index in [1.54, 1.807) is 18.9 Å². The second kappa shape index (κ2) is 9.47. The summed E-state index contributed by atoms with van der Waals surface area (Å²) in [6, 6.07) is 10.7. The average molecular weight is 417 g/mol. The number of methoxy groups -OCH3 is 1. The molecule has 0 unspecified atom stereocenters. The van der Waals surface area contributed by atoms with Gasteiger partial charge in [0.25, 0.3) is 0 Å². The third kappa shape index (κ3) is 4.52. The largest absolute Gasteiger partial charge is 0.480 e. The van der Waals surface area contributed by atoms with E-state index in [0.29, 0.717) is 5.88 Å². The van der Waals surface area contributed by atoms with Crippen LogP contribution >= 0.6 is 24.0 Å². The van der Waals surface area contributed by atoms with Crippen molar-refractivity contribution in [3.8, 4) is 5.88 Å². The molecular formula is C21H28N4OS2. The van der Waals surface area contributed by atoms with Crippen LogP contribution in [0.2, 0.25) is 0 Å². The lowest BCUT2D eigenvalue weighted by Crippen LogP contribution is -2.50. The highest BCUT2D eigenvalue weighted by molar-refractivity contribution is 7.98. The van der Waals surface area contributed by atoms with Crippen LogP contribution in [0.4, 0.5) is 11.4 Å². The average Bonchev–Trinajstić information content (AvgIpc) is 2.74. The van der Waals surface area contributed by atoms with Gasteiger partial charge in [-0.1, -0.05) is 19.1 Å². The lowest BCUT2D eigenvalue weighted by Gasteiger charge is -2.38. The van der Waals surface area contributed by atoms with Gasteiger partial charge in [-0.2, -0.15) is 0 Å². The quantitative estimate of drug-likeness (QED) is 0.578. The predicted molar refractivity (Wildman–Crippen MR) is 123 cm³/mol. The van der Waals surface area contributed by atoms with Gasteiger partial charge in [0.1, 0.15) is 5.69 Å². The molecular weight excluding hydrogens is 388 g/mol. The molecule has 0 bridgehead atoms. The molecule has 1 aliphatic rings. The van der Waals surface area contributed by atoms with Crippen LogP contribution in [-0.2, 0) is 6.42 Å². The molecule has 150 valence electrons. The number of thioether (sulfide) groups is 1. The molecule has 1 aromatic heterocycles. The first-order valence-electron chi connectivity index (χ1n) is 9.55. The maximum Gasteiger partial charge on any atom is 0.237 e. The van der Waals surface area contributed by atoms with E-state index in [4.69, 9.17) is 17.0 Å². The van der Waals surface area contributed by atoms with Gasteiger partial charge in [0.15, 0.2) is 5.11 Å². The number of piperazine rings is 1. The Labute approximate surface area is 177 Å². The van der Waals surface area contributed by atoms with Crippen molar-refractivity contribution in [3.05, 3.63) is 41.6 Å². The van der Waals surface area contributed by atoms with Crippen molar-refractivity contribution in [2.45, 2.75) is 25.2 Å². The van der Waals surface area contributed by atoms with Crippen molar-refractivity contribution in [3.63, 3.8) is 0 Å². The third-order valence-corrected chi connectivity index (χ3v) is 6.24. The fourth-order valence-electron chi connectivity index (χ4n) is 3.46. The number of aromatic nitrogens is 1. The molecule has 1 aliphatic heterocycles. The van der Waals surface area contributed by atoms with Crippen LogP contribution in [0.15, 0.2) is 35.2 Å². The second-order valence-electron chi connectivity index (χ2n) is 6.72. The Morgan fingerprint density at radius 2 is 1.96 bits per heavy atom. The highest BCUT2D eigenvalue weighted by Crippen LogP contribution is 2.29. The molecule has 1 saturated heterocycles. The highest BCUT2D eigenvalue weighted by Gasteiger charge is 2.21. The van der Waals surface area contributed by atoms with Crippen LogP contribution < -0.4 is 15.0 Å². The molecule has 2 aromatic rings. The summed E-state index contributed by atoms with van der Waals surface area (Å²) in [4.78, 5) is 10.5. The molecule has 0 saturated carbocycles. The number of ether oxygens (including phenoxy) is 1.